The quantitative estimate of drug-likeness (QED) is 0.502. The molecule has 4 nitrogen and oxygen atoms in total. The van der Waals surface area contributed by atoms with Crippen molar-refractivity contribution in [1.29, 1.82) is 0 Å². The average Bonchev–Trinajstić information content (AvgIpc) is 2.48. The number of nitrogens with two attached hydrogens (primary N) is 1. The van der Waals surface area contributed by atoms with Crippen LogP contribution >= 0.6 is 11.8 Å². The van der Waals surface area contributed by atoms with E-state index in [1.54, 1.807) is 23.9 Å². The highest BCUT2D eigenvalue weighted by Crippen LogP contribution is 2.21. The van der Waals surface area contributed by atoms with Crippen LogP contribution in [0, 0.1) is 10.1 Å². The molecule has 0 aliphatic heterocycles. The molecule has 0 aliphatic rings. The maximum absolute atomic E-state index is 10.6. The van der Waals surface area contributed by atoms with Crippen molar-refractivity contribution in [3.05, 3.63) is 69.8 Å². The van der Waals surface area contributed by atoms with Crippen molar-refractivity contribution in [1.82, 2.24) is 0 Å². The molecule has 0 saturated carbocycles. The van der Waals surface area contributed by atoms with E-state index in [1.165, 1.54) is 4.90 Å². The Labute approximate surface area is 122 Å². The third kappa shape index (κ3) is 4.08. The SMILES string of the molecule is NCc1cccc(SCCc2ccc([N+](=O)[O-])cc2)c1. The van der Waals surface area contributed by atoms with E-state index in [1.807, 2.05) is 24.3 Å². The standard InChI is InChI=1S/C15H16N2O2S/c16-11-13-2-1-3-15(10-13)20-9-8-12-4-6-14(7-5-12)17(18)19/h1-7,10H,8-9,11,16H2. The maximum atomic E-state index is 10.6. The average molecular weight is 288 g/mol. The van der Waals surface area contributed by atoms with Gasteiger partial charge in [0, 0.05) is 29.3 Å². The van der Waals surface area contributed by atoms with Crippen LogP contribution in [0.25, 0.3) is 0 Å². The number of benzene rings is 2. The van der Waals surface area contributed by atoms with Gasteiger partial charge in [-0.15, -0.1) is 11.8 Å². The number of rotatable bonds is 6. The summed E-state index contributed by atoms with van der Waals surface area (Å²) in [4.78, 5) is 11.4. The van der Waals surface area contributed by atoms with Gasteiger partial charge in [-0.3, -0.25) is 10.1 Å². The van der Waals surface area contributed by atoms with Crippen LogP contribution in [0.4, 0.5) is 5.69 Å². The van der Waals surface area contributed by atoms with E-state index in [9.17, 15) is 10.1 Å². The second-order valence-corrected chi connectivity index (χ2v) is 5.54. The second kappa shape index (κ2) is 7.07. The smallest absolute Gasteiger partial charge is 0.269 e. The van der Waals surface area contributed by atoms with Crippen LogP contribution in [0.1, 0.15) is 11.1 Å². The number of non-ortho nitro benzene ring substituents is 1. The largest absolute Gasteiger partial charge is 0.326 e. The monoisotopic (exact) mass is 288 g/mol. The molecule has 0 atom stereocenters. The number of nitro groups is 1. The Morgan fingerprint density at radius 2 is 1.85 bits per heavy atom. The zero-order valence-corrected chi connectivity index (χ0v) is 11.8. The number of nitro benzene ring substituents is 1. The van der Waals surface area contributed by atoms with Gasteiger partial charge in [0.1, 0.15) is 0 Å². The zero-order chi connectivity index (χ0) is 14.4. The van der Waals surface area contributed by atoms with Gasteiger partial charge >= 0.3 is 0 Å². The molecule has 0 bridgehead atoms. The van der Waals surface area contributed by atoms with Crippen LogP contribution in [0.5, 0.6) is 0 Å². The Balaban J connectivity index is 1.87. The number of nitrogens with zero attached hydrogens (tertiary/aromatic N) is 1. The van der Waals surface area contributed by atoms with Crippen LogP contribution in [-0.2, 0) is 13.0 Å². The van der Waals surface area contributed by atoms with Gasteiger partial charge in [-0.1, -0.05) is 24.3 Å². The molecule has 2 N–H and O–H groups in total. The highest BCUT2D eigenvalue weighted by molar-refractivity contribution is 7.99. The highest BCUT2D eigenvalue weighted by Gasteiger charge is 2.04. The molecule has 0 fully saturated rings. The summed E-state index contributed by atoms with van der Waals surface area (Å²) in [5.74, 6) is 0.936. The summed E-state index contributed by atoms with van der Waals surface area (Å²) in [5, 5.41) is 10.6. The minimum absolute atomic E-state index is 0.136. The van der Waals surface area contributed by atoms with Gasteiger partial charge in [-0.2, -0.15) is 0 Å². The van der Waals surface area contributed by atoms with E-state index < -0.39 is 0 Å². The number of aryl methyl sites for hydroxylation is 1. The summed E-state index contributed by atoms with van der Waals surface area (Å²) in [6, 6.07) is 14.9. The third-order valence-electron chi connectivity index (χ3n) is 2.94. The van der Waals surface area contributed by atoms with Crippen molar-refractivity contribution in [3.8, 4) is 0 Å². The van der Waals surface area contributed by atoms with E-state index in [-0.39, 0.29) is 10.6 Å². The molecule has 104 valence electrons. The summed E-state index contributed by atoms with van der Waals surface area (Å²) in [6.07, 6.45) is 0.884. The van der Waals surface area contributed by atoms with Crippen molar-refractivity contribution >= 4 is 17.4 Å². The maximum Gasteiger partial charge on any atom is 0.269 e. The first kappa shape index (κ1) is 14.6. The van der Waals surface area contributed by atoms with Crippen LogP contribution in [0.15, 0.2) is 53.4 Å². The van der Waals surface area contributed by atoms with Gasteiger partial charge in [-0.25, -0.2) is 0 Å². The highest BCUT2D eigenvalue weighted by atomic mass is 32.2. The lowest BCUT2D eigenvalue weighted by Gasteiger charge is -2.04. The normalized spacial score (nSPS) is 10.4. The fourth-order valence-electron chi connectivity index (χ4n) is 1.83. The van der Waals surface area contributed by atoms with Crippen molar-refractivity contribution in [2.45, 2.75) is 17.9 Å². The van der Waals surface area contributed by atoms with E-state index in [2.05, 4.69) is 12.1 Å². The minimum atomic E-state index is -0.378. The molecule has 0 radical (unpaired) electrons. The molecule has 20 heavy (non-hydrogen) atoms. The first-order valence-electron chi connectivity index (χ1n) is 6.34. The Bertz CT molecular complexity index is 585. The Hall–Kier alpha value is -1.85. The van der Waals surface area contributed by atoms with E-state index in [0.29, 0.717) is 6.54 Å². The molecule has 2 aromatic rings. The molecule has 2 aromatic carbocycles. The number of thioether (sulfide) groups is 1. The molecule has 0 amide bonds. The summed E-state index contributed by atoms with van der Waals surface area (Å²) in [7, 11) is 0. The predicted octanol–water partition coefficient (Wildman–Crippen LogP) is 3.39. The topological polar surface area (TPSA) is 69.2 Å². The molecule has 0 saturated heterocycles. The Morgan fingerprint density at radius 3 is 2.50 bits per heavy atom. The van der Waals surface area contributed by atoms with Crippen LogP contribution < -0.4 is 5.73 Å². The van der Waals surface area contributed by atoms with Crippen LogP contribution in [0.2, 0.25) is 0 Å². The molecular formula is C15H16N2O2S. The Kier molecular flexibility index (Phi) is 5.15. The van der Waals surface area contributed by atoms with Gasteiger partial charge < -0.3 is 5.73 Å². The third-order valence-corrected chi connectivity index (χ3v) is 3.94. The zero-order valence-electron chi connectivity index (χ0n) is 11.0. The number of hydrogen-bond donors (Lipinski definition) is 1. The van der Waals surface area contributed by atoms with Crippen LogP contribution in [-0.4, -0.2) is 10.7 Å². The van der Waals surface area contributed by atoms with Crippen molar-refractivity contribution in [2.75, 3.05) is 5.75 Å². The molecular weight excluding hydrogens is 272 g/mol. The lowest BCUT2D eigenvalue weighted by Crippen LogP contribution is -1.96. The van der Waals surface area contributed by atoms with Gasteiger partial charge in [0.25, 0.3) is 5.69 Å². The molecule has 0 heterocycles. The summed E-state index contributed by atoms with van der Waals surface area (Å²) >= 11 is 1.77. The second-order valence-electron chi connectivity index (χ2n) is 4.37. The van der Waals surface area contributed by atoms with Gasteiger partial charge in [0.2, 0.25) is 0 Å². The Morgan fingerprint density at radius 1 is 1.10 bits per heavy atom. The van der Waals surface area contributed by atoms with E-state index in [4.69, 9.17) is 5.73 Å². The van der Waals surface area contributed by atoms with Crippen molar-refractivity contribution < 1.29 is 4.92 Å². The molecule has 2 rings (SSSR count). The van der Waals surface area contributed by atoms with E-state index in [0.717, 1.165) is 23.3 Å². The minimum Gasteiger partial charge on any atom is -0.326 e. The van der Waals surface area contributed by atoms with Crippen molar-refractivity contribution in [2.24, 2.45) is 5.73 Å². The molecule has 0 aliphatic carbocycles. The molecule has 0 aromatic heterocycles. The predicted molar refractivity (Wildman–Crippen MR) is 81.9 cm³/mol. The fourth-order valence-corrected chi connectivity index (χ4v) is 2.82. The summed E-state index contributed by atoms with van der Waals surface area (Å²) in [5.41, 5.74) is 7.99. The van der Waals surface area contributed by atoms with Gasteiger partial charge in [-0.05, 0) is 29.7 Å². The summed E-state index contributed by atoms with van der Waals surface area (Å²) < 4.78 is 0. The lowest BCUT2D eigenvalue weighted by atomic mass is 10.1. The molecule has 0 unspecified atom stereocenters. The van der Waals surface area contributed by atoms with E-state index >= 15 is 0 Å². The lowest BCUT2D eigenvalue weighted by molar-refractivity contribution is -0.384. The molecule has 5 heteroatoms. The molecule has 0 spiro atoms. The number of hydrogen-bond acceptors (Lipinski definition) is 4. The summed E-state index contributed by atoms with van der Waals surface area (Å²) in [6.45, 7) is 0.552. The van der Waals surface area contributed by atoms with Crippen molar-refractivity contribution in [3.63, 3.8) is 0 Å². The first-order chi connectivity index (χ1) is 9.69. The van der Waals surface area contributed by atoms with Gasteiger partial charge in [0.15, 0.2) is 0 Å². The van der Waals surface area contributed by atoms with Crippen LogP contribution in [0.3, 0.4) is 0 Å². The fraction of sp³-hybridized carbons (Fsp3) is 0.200. The first-order valence-corrected chi connectivity index (χ1v) is 7.33. The van der Waals surface area contributed by atoms with Gasteiger partial charge in [0.05, 0.1) is 4.92 Å².